The Balaban J connectivity index is 1.59. The number of carbonyl (C=O) groups is 1. The van der Waals surface area contributed by atoms with Gasteiger partial charge in [-0.05, 0) is 42.7 Å². The Hall–Kier alpha value is -2.38. The number of sulfonamides is 1. The Morgan fingerprint density at radius 3 is 2.48 bits per heavy atom. The van der Waals surface area contributed by atoms with Gasteiger partial charge in [-0.1, -0.05) is 36.8 Å². The summed E-state index contributed by atoms with van der Waals surface area (Å²) in [7, 11) is -3.40. The molecule has 0 bridgehead atoms. The summed E-state index contributed by atoms with van der Waals surface area (Å²) in [5.41, 5.74) is 1.69. The number of anilines is 1. The van der Waals surface area contributed by atoms with Gasteiger partial charge < -0.3 is 10.1 Å². The average Bonchev–Trinajstić information content (AvgIpc) is 2.67. The van der Waals surface area contributed by atoms with Crippen molar-refractivity contribution in [2.75, 3.05) is 18.1 Å². The molecule has 0 aromatic heterocycles. The van der Waals surface area contributed by atoms with E-state index < -0.39 is 16.1 Å². The van der Waals surface area contributed by atoms with Crippen molar-refractivity contribution in [3.63, 3.8) is 0 Å². The molecule has 1 N–H and O–H groups in total. The van der Waals surface area contributed by atoms with Gasteiger partial charge in [0.05, 0.1) is 6.26 Å². The SMILES string of the molecule is CS(=O)(=O)N1CCCC[C@H]1C(=O)Nc1ccc(OCc2ccccc2)cc1. The molecule has 27 heavy (non-hydrogen) atoms. The Kier molecular flexibility index (Phi) is 6.13. The van der Waals surface area contributed by atoms with Crippen LogP contribution in [0.4, 0.5) is 5.69 Å². The second-order valence-electron chi connectivity index (χ2n) is 6.67. The van der Waals surface area contributed by atoms with E-state index in [1.54, 1.807) is 24.3 Å². The first-order chi connectivity index (χ1) is 12.9. The van der Waals surface area contributed by atoms with Crippen LogP contribution in [-0.2, 0) is 21.4 Å². The van der Waals surface area contributed by atoms with Gasteiger partial charge in [-0.25, -0.2) is 8.42 Å². The van der Waals surface area contributed by atoms with Crippen LogP contribution in [0, 0.1) is 0 Å². The Labute approximate surface area is 160 Å². The minimum Gasteiger partial charge on any atom is -0.489 e. The van der Waals surface area contributed by atoms with Gasteiger partial charge in [0.2, 0.25) is 15.9 Å². The lowest BCUT2D eigenvalue weighted by atomic mass is 10.0. The fraction of sp³-hybridized carbons (Fsp3) is 0.350. The van der Waals surface area contributed by atoms with Crippen LogP contribution < -0.4 is 10.1 Å². The zero-order valence-corrected chi connectivity index (χ0v) is 16.1. The third-order valence-corrected chi connectivity index (χ3v) is 5.84. The van der Waals surface area contributed by atoms with Crippen LogP contribution in [0.15, 0.2) is 54.6 Å². The molecule has 1 amide bonds. The predicted octanol–water partition coefficient (Wildman–Crippen LogP) is 3.02. The van der Waals surface area contributed by atoms with Crippen LogP contribution in [0.3, 0.4) is 0 Å². The highest BCUT2D eigenvalue weighted by Crippen LogP contribution is 2.22. The maximum atomic E-state index is 12.6. The molecule has 0 unspecified atom stereocenters. The molecule has 2 aromatic rings. The molecule has 0 saturated carbocycles. The maximum Gasteiger partial charge on any atom is 0.242 e. The van der Waals surface area contributed by atoms with Crippen LogP contribution in [-0.4, -0.2) is 37.5 Å². The monoisotopic (exact) mass is 388 g/mol. The van der Waals surface area contributed by atoms with E-state index in [-0.39, 0.29) is 5.91 Å². The summed E-state index contributed by atoms with van der Waals surface area (Å²) in [5, 5.41) is 2.81. The molecule has 1 atom stereocenters. The third-order valence-electron chi connectivity index (χ3n) is 4.55. The second-order valence-corrected chi connectivity index (χ2v) is 8.61. The van der Waals surface area contributed by atoms with E-state index in [4.69, 9.17) is 4.74 Å². The van der Waals surface area contributed by atoms with Crippen molar-refractivity contribution in [2.45, 2.75) is 31.9 Å². The average molecular weight is 388 g/mol. The largest absolute Gasteiger partial charge is 0.489 e. The zero-order valence-electron chi connectivity index (χ0n) is 15.3. The third kappa shape index (κ3) is 5.30. The smallest absolute Gasteiger partial charge is 0.242 e. The number of carbonyl (C=O) groups excluding carboxylic acids is 1. The van der Waals surface area contributed by atoms with E-state index >= 15 is 0 Å². The number of nitrogens with one attached hydrogen (secondary N) is 1. The van der Waals surface area contributed by atoms with Gasteiger partial charge in [0, 0.05) is 12.2 Å². The highest BCUT2D eigenvalue weighted by atomic mass is 32.2. The molecular weight excluding hydrogens is 364 g/mol. The van der Waals surface area contributed by atoms with Crippen LogP contribution in [0.25, 0.3) is 0 Å². The van der Waals surface area contributed by atoms with E-state index in [0.717, 1.165) is 24.7 Å². The lowest BCUT2D eigenvalue weighted by molar-refractivity contribution is -0.120. The molecule has 7 heteroatoms. The van der Waals surface area contributed by atoms with Crippen molar-refractivity contribution in [1.82, 2.24) is 4.31 Å². The van der Waals surface area contributed by atoms with Gasteiger partial charge in [-0.2, -0.15) is 4.31 Å². The van der Waals surface area contributed by atoms with Crippen molar-refractivity contribution in [3.8, 4) is 5.75 Å². The van der Waals surface area contributed by atoms with E-state index in [0.29, 0.717) is 31.0 Å². The highest BCUT2D eigenvalue weighted by molar-refractivity contribution is 7.88. The first kappa shape index (κ1) is 19.4. The number of benzene rings is 2. The molecule has 1 saturated heterocycles. The maximum absolute atomic E-state index is 12.6. The van der Waals surface area contributed by atoms with Gasteiger partial charge in [-0.15, -0.1) is 0 Å². The summed E-state index contributed by atoms with van der Waals surface area (Å²) in [6, 6.07) is 16.3. The van der Waals surface area contributed by atoms with Crippen LogP contribution in [0.5, 0.6) is 5.75 Å². The fourth-order valence-electron chi connectivity index (χ4n) is 3.16. The van der Waals surface area contributed by atoms with Gasteiger partial charge in [0.25, 0.3) is 0 Å². The van der Waals surface area contributed by atoms with Gasteiger partial charge in [0.1, 0.15) is 18.4 Å². The van der Waals surface area contributed by atoms with Crippen molar-refractivity contribution in [2.24, 2.45) is 0 Å². The molecule has 6 nitrogen and oxygen atoms in total. The molecule has 0 aliphatic carbocycles. The molecule has 144 valence electrons. The zero-order chi connectivity index (χ0) is 19.3. The van der Waals surface area contributed by atoms with E-state index in [2.05, 4.69) is 5.32 Å². The molecule has 1 aliphatic rings. The minimum atomic E-state index is -3.40. The molecule has 1 fully saturated rings. The van der Waals surface area contributed by atoms with Gasteiger partial charge in [-0.3, -0.25) is 4.79 Å². The predicted molar refractivity (Wildman–Crippen MR) is 105 cm³/mol. The lowest BCUT2D eigenvalue weighted by Crippen LogP contribution is -2.49. The van der Waals surface area contributed by atoms with Gasteiger partial charge in [0.15, 0.2) is 0 Å². The Morgan fingerprint density at radius 2 is 1.81 bits per heavy atom. The van der Waals surface area contributed by atoms with Crippen molar-refractivity contribution < 1.29 is 17.9 Å². The molecule has 1 heterocycles. The Bertz CT molecular complexity index is 867. The molecule has 0 radical (unpaired) electrons. The normalized spacial score (nSPS) is 18.0. The van der Waals surface area contributed by atoms with E-state index in [1.165, 1.54) is 4.31 Å². The number of hydrogen-bond donors (Lipinski definition) is 1. The van der Waals surface area contributed by atoms with E-state index in [1.807, 2.05) is 30.3 Å². The molecular formula is C20H24N2O4S. The van der Waals surface area contributed by atoms with Gasteiger partial charge >= 0.3 is 0 Å². The minimum absolute atomic E-state index is 0.293. The number of rotatable bonds is 6. The standard InChI is InChI=1S/C20H24N2O4S/c1-27(24,25)22-14-6-5-9-19(22)20(23)21-17-10-12-18(13-11-17)26-15-16-7-3-2-4-8-16/h2-4,7-8,10-13,19H,5-6,9,14-15H2,1H3,(H,21,23)/t19-/m0/s1. The van der Waals surface area contributed by atoms with Crippen molar-refractivity contribution in [3.05, 3.63) is 60.2 Å². The molecule has 3 rings (SSSR count). The number of piperidine rings is 1. The fourth-order valence-corrected chi connectivity index (χ4v) is 4.29. The number of amides is 1. The molecule has 0 spiro atoms. The highest BCUT2D eigenvalue weighted by Gasteiger charge is 2.34. The van der Waals surface area contributed by atoms with Crippen molar-refractivity contribution in [1.29, 1.82) is 0 Å². The summed E-state index contributed by atoms with van der Waals surface area (Å²) in [4.78, 5) is 12.6. The van der Waals surface area contributed by atoms with Crippen LogP contribution in [0.1, 0.15) is 24.8 Å². The summed E-state index contributed by atoms with van der Waals surface area (Å²) in [6.07, 6.45) is 3.31. The first-order valence-electron chi connectivity index (χ1n) is 8.98. The molecule has 2 aromatic carbocycles. The quantitative estimate of drug-likeness (QED) is 0.825. The summed E-state index contributed by atoms with van der Waals surface area (Å²) in [5.74, 6) is 0.408. The van der Waals surface area contributed by atoms with Crippen LogP contribution >= 0.6 is 0 Å². The second kappa shape index (κ2) is 8.54. The first-order valence-corrected chi connectivity index (χ1v) is 10.8. The lowest BCUT2D eigenvalue weighted by Gasteiger charge is -2.32. The topological polar surface area (TPSA) is 75.7 Å². The van der Waals surface area contributed by atoms with E-state index in [9.17, 15) is 13.2 Å². The number of nitrogens with zero attached hydrogens (tertiary/aromatic N) is 1. The van der Waals surface area contributed by atoms with Crippen molar-refractivity contribution >= 4 is 21.6 Å². The Morgan fingerprint density at radius 1 is 1.11 bits per heavy atom. The van der Waals surface area contributed by atoms with Crippen LogP contribution in [0.2, 0.25) is 0 Å². The molecule has 1 aliphatic heterocycles. The number of hydrogen-bond acceptors (Lipinski definition) is 4. The summed E-state index contributed by atoms with van der Waals surface area (Å²) >= 11 is 0. The summed E-state index contributed by atoms with van der Waals surface area (Å²) in [6.45, 7) is 0.862. The number of ether oxygens (including phenoxy) is 1. The summed E-state index contributed by atoms with van der Waals surface area (Å²) < 4.78 is 30.9.